The fourth-order valence-corrected chi connectivity index (χ4v) is 8.62. The van der Waals surface area contributed by atoms with E-state index in [1.54, 1.807) is 20.8 Å². The van der Waals surface area contributed by atoms with Crippen molar-refractivity contribution in [2.75, 3.05) is 19.8 Å². The summed E-state index contributed by atoms with van der Waals surface area (Å²) >= 11 is 0. The van der Waals surface area contributed by atoms with E-state index in [4.69, 9.17) is 19.2 Å². The Balaban J connectivity index is 1.27. The van der Waals surface area contributed by atoms with Crippen LogP contribution in [0.5, 0.6) is 11.6 Å². The van der Waals surface area contributed by atoms with Gasteiger partial charge in [-0.05, 0) is 54.5 Å². The first-order chi connectivity index (χ1) is 26.4. The number of nitrogens with one attached hydrogen (secondary N) is 3. The SMILES string of the molecule is C=C[C@@H]1C[C@]1(NC(=O)[C@@H]1C[C@@H]2CN1C(=O)[C@H](C(C)(C)C)NC(=O)OCC(C)(C)COc1cccc(c1)-c1cc3ccccc3nc1O2)C(=O)NS(=O)(=O)C1CC1. The van der Waals surface area contributed by atoms with Gasteiger partial charge < -0.3 is 29.7 Å². The number of alkyl carbamates (subject to hydrolysis) is 1. The van der Waals surface area contributed by atoms with Crippen LogP contribution in [-0.2, 0) is 29.1 Å². The van der Waals surface area contributed by atoms with Crippen LogP contribution in [0.4, 0.5) is 4.79 Å². The van der Waals surface area contributed by atoms with Gasteiger partial charge in [0.2, 0.25) is 27.7 Å². The second-order valence-electron chi connectivity index (χ2n) is 17.2. The summed E-state index contributed by atoms with van der Waals surface area (Å²) < 4.78 is 46.2. The van der Waals surface area contributed by atoms with Gasteiger partial charge in [0.15, 0.2) is 0 Å². The van der Waals surface area contributed by atoms with Gasteiger partial charge in [0.25, 0.3) is 5.91 Å². The molecule has 1 saturated heterocycles. The predicted octanol–water partition coefficient (Wildman–Crippen LogP) is 4.48. The van der Waals surface area contributed by atoms with E-state index >= 15 is 0 Å². The number of carbonyl (C=O) groups excluding carboxylic acids is 4. The third-order valence-electron chi connectivity index (χ3n) is 10.8. The highest BCUT2D eigenvalue weighted by Crippen LogP contribution is 2.46. The van der Waals surface area contributed by atoms with Crippen LogP contribution < -0.4 is 24.8 Å². The Morgan fingerprint density at radius 3 is 2.46 bits per heavy atom. The van der Waals surface area contributed by atoms with Crippen LogP contribution in [0.2, 0.25) is 0 Å². The molecule has 15 heteroatoms. The molecule has 2 aromatic carbocycles. The van der Waals surface area contributed by atoms with E-state index in [9.17, 15) is 27.6 Å². The van der Waals surface area contributed by atoms with E-state index in [0.717, 1.165) is 10.9 Å². The highest BCUT2D eigenvalue weighted by Gasteiger charge is 2.62. The first-order valence-corrected chi connectivity index (χ1v) is 20.5. The zero-order valence-electron chi connectivity index (χ0n) is 32.3. The summed E-state index contributed by atoms with van der Waals surface area (Å²) in [6.07, 6.45) is 0.972. The quantitative estimate of drug-likeness (QED) is 0.302. The van der Waals surface area contributed by atoms with E-state index in [1.165, 1.54) is 11.0 Å². The second-order valence-corrected chi connectivity index (χ2v) is 19.2. The molecule has 2 aliphatic carbocycles. The number of ether oxygens (including phenoxy) is 3. The fourth-order valence-electron chi connectivity index (χ4n) is 7.26. The molecule has 0 radical (unpaired) electrons. The highest BCUT2D eigenvalue weighted by molar-refractivity contribution is 7.91. The summed E-state index contributed by atoms with van der Waals surface area (Å²) in [5.41, 5.74) is -0.917. The number of aromatic nitrogens is 1. The normalized spacial score (nSPS) is 26.6. The molecule has 4 bridgehead atoms. The minimum atomic E-state index is -3.91. The maximum absolute atomic E-state index is 14.7. The molecule has 5 atom stereocenters. The Morgan fingerprint density at radius 1 is 1.04 bits per heavy atom. The van der Waals surface area contributed by atoms with Crippen molar-refractivity contribution < 1.29 is 41.8 Å². The number of para-hydroxylation sites is 1. The molecule has 56 heavy (non-hydrogen) atoms. The van der Waals surface area contributed by atoms with Gasteiger partial charge in [0.1, 0.15) is 36.1 Å². The van der Waals surface area contributed by atoms with Crippen molar-refractivity contribution in [1.82, 2.24) is 25.2 Å². The number of carbonyl (C=O) groups is 4. The minimum Gasteiger partial charge on any atom is -0.493 e. The Hall–Kier alpha value is -5.18. The molecule has 0 unspecified atom stereocenters. The van der Waals surface area contributed by atoms with Crippen molar-refractivity contribution in [2.24, 2.45) is 16.7 Å². The standard InChI is InChI=1S/C41H49N5O9S/c1-7-26-20-41(26,37(49)45-56(51,52)29-15-16-29)44-34(47)32-19-28-21-46(32)36(48)33(39(2,3)4)43-38(50)54-23-40(5,6)22-53-27-13-10-12-24(17-27)30-18-25-11-8-9-14-31(25)42-35(30)55-28/h7-14,17-18,26,28-29,32-33H,1,15-16,19-23H2,2-6H3,(H,43,50)(H,44,47)(H,45,49)/t26-,28-,32+,33-,41-/m1/s1. The maximum atomic E-state index is 14.7. The molecule has 2 saturated carbocycles. The van der Waals surface area contributed by atoms with Gasteiger partial charge in [-0.15, -0.1) is 6.58 Å². The van der Waals surface area contributed by atoms with Crippen LogP contribution in [0.15, 0.2) is 67.3 Å². The topological polar surface area (TPSA) is 182 Å². The lowest BCUT2D eigenvalue weighted by Gasteiger charge is -2.35. The van der Waals surface area contributed by atoms with E-state index in [2.05, 4.69) is 21.9 Å². The van der Waals surface area contributed by atoms with E-state index in [0.29, 0.717) is 29.7 Å². The van der Waals surface area contributed by atoms with Gasteiger partial charge in [-0.3, -0.25) is 19.1 Å². The lowest BCUT2D eigenvalue weighted by atomic mass is 9.85. The molecule has 3 fully saturated rings. The van der Waals surface area contributed by atoms with Crippen LogP contribution in [0.3, 0.4) is 0 Å². The molecule has 298 valence electrons. The fraction of sp³-hybridized carbons (Fsp3) is 0.488. The van der Waals surface area contributed by atoms with Gasteiger partial charge >= 0.3 is 6.09 Å². The molecular formula is C41H49N5O9S. The largest absolute Gasteiger partial charge is 0.493 e. The van der Waals surface area contributed by atoms with Gasteiger partial charge in [-0.1, -0.05) is 71.0 Å². The lowest BCUT2D eigenvalue weighted by molar-refractivity contribution is -0.142. The Bertz CT molecular complexity index is 2200. The number of hydrogen-bond acceptors (Lipinski definition) is 10. The highest BCUT2D eigenvalue weighted by atomic mass is 32.2. The van der Waals surface area contributed by atoms with Crippen molar-refractivity contribution in [3.63, 3.8) is 0 Å². The Morgan fingerprint density at radius 2 is 1.77 bits per heavy atom. The van der Waals surface area contributed by atoms with Gasteiger partial charge in [-0.25, -0.2) is 18.2 Å². The molecule has 1 aromatic heterocycles. The summed E-state index contributed by atoms with van der Waals surface area (Å²) in [5.74, 6) is -1.75. The number of fused-ring (bicyclic) bond motifs is 7. The molecule has 0 spiro atoms. The van der Waals surface area contributed by atoms with Gasteiger partial charge in [0, 0.05) is 28.7 Å². The van der Waals surface area contributed by atoms with Crippen LogP contribution in [0.25, 0.3) is 22.0 Å². The summed E-state index contributed by atoms with van der Waals surface area (Å²) in [6, 6.07) is 14.7. The number of nitrogens with zero attached hydrogens (tertiary/aromatic N) is 2. The van der Waals surface area contributed by atoms with Crippen LogP contribution in [0.1, 0.15) is 60.3 Å². The van der Waals surface area contributed by atoms with Crippen LogP contribution in [0, 0.1) is 16.7 Å². The number of hydrogen-bond donors (Lipinski definition) is 3. The first kappa shape index (κ1) is 39.1. The van der Waals surface area contributed by atoms with Crippen molar-refractivity contribution in [3.05, 3.63) is 67.3 Å². The second kappa shape index (κ2) is 14.4. The number of benzene rings is 2. The number of rotatable bonds is 6. The van der Waals surface area contributed by atoms with Crippen LogP contribution >= 0.6 is 0 Å². The molecular weight excluding hydrogens is 739 g/mol. The number of pyridine rings is 1. The Labute approximate surface area is 326 Å². The summed E-state index contributed by atoms with van der Waals surface area (Å²) in [4.78, 5) is 62.3. The number of amides is 4. The van der Waals surface area contributed by atoms with E-state index in [-0.39, 0.29) is 38.5 Å². The molecule has 4 amide bonds. The van der Waals surface area contributed by atoms with E-state index in [1.807, 2.05) is 68.4 Å². The summed E-state index contributed by atoms with van der Waals surface area (Å²) in [5, 5.41) is 5.78. The maximum Gasteiger partial charge on any atom is 0.407 e. The first-order valence-electron chi connectivity index (χ1n) is 18.9. The smallest absolute Gasteiger partial charge is 0.407 e. The van der Waals surface area contributed by atoms with Gasteiger partial charge in [0.05, 0.1) is 23.9 Å². The van der Waals surface area contributed by atoms with Crippen molar-refractivity contribution in [2.45, 2.75) is 89.3 Å². The minimum absolute atomic E-state index is 0.000989. The third kappa shape index (κ3) is 8.04. The van der Waals surface area contributed by atoms with Crippen molar-refractivity contribution in [1.29, 1.82) is 0 Å². The Kier molecular flexibility index (Phi) is 10.0. The zero-order valence-corrected chi connectivity index (χ0v) is 33.1. The monoisotopic (exact) mass is 787 g/mol. The zero-order chi connectivity index (χ0) is 40.2. The average Bonchev–Trinajstić information content (AvgIpc) is 4.08. The summed E-state index contributed by atoms with van der Waals surface area (Å²) in [7, 11) is -3.91. The molecule has 4 aliphatic rings. The molecule has 14 nitrogen and oxygen atoms in total. The molecule has 2 aliphatic heterocycles. The molecule has 3 aromatic rings. The summed E-state index contributed by atoms with van der Waals surface area (Å²) in [6.45, 7) is 13.1. The molecule has 3 N–H and O–H groups in total. The lowest BCUT2D eigenvalue weighted by Crippen LogP contribution is -2.60. The number of sulfonamides is 1. The van der Waals surface area contributed by atoms with Crippen molar-refractivity contribution >= 4 is 44.7 Å². The van der Waals surface area contributed by atoms with Gasteiger partial charge in [-0.2, -0.15) is 0 Å². The van der Waals surface area contributed by atoms with Crippen molar-refractivity contribution in [3.8, 4) is 22.8 Å². The van der Waals surface area contributed by atoms with Crippen LogP contribution in [-0.4, -0.2) is 90.9 Å². The number of cyclic esters (lactones) is 1. The molecule has 7 rings (SSSR count). The average molecular weight is 788 g/mol. The van der Waals surface area contributed by atoms with E-state index < -0.39 is 79.6 Å². The predicted molar refractivity (Wildman–Crippen MR) is 208 cm³/mol. The molecule has 3 heterocycles. The third-order valence-corrected chi connectivity index (χ3v) is 12.6.